The highest BCUT2D eigenvalue weighted by atomic mass is 16.6. The lowest BCUT2D eigenvalue weighted by Gasteiger charge is -2.15. The van der Waals surface area contributed by atoms with Gasteiger partial charge in [-0.1, -0.05) is 5.11 Å². The molecule has 0 spiro atoms. The standard InChI is InChI=1S/C10H17N3O6/c1-2-18-10(17)7(16)6(15)9-8(19-9)5(14)3-4-12-13-11/h5-9,14-16H,2-4H2,1H3/t5-,6-,7+,8-,9-/m0/s1. The van der Waals surface area contributed by atoms with Gasteiger partial charge in [0.25, 0.3) is 0 Å². The Morgan fingerprint density at radius 3 is 2.74 bits per heavy atom. The van der Waals surface area contributed by atoms with E-state index in [4.69, 9.17) is 10.3 Å². The molecule has 1 rings (SSSR count). The molecular weight excluding hydrogens is 258 g/mol. The molecule has 0 aromatic rings. The highest BCUT2D eigenvalue weighted by Crippen LogP contribution is 2.31. The molecule has 9 heteroatoms. The first-order valence-corrected chi connectivity index (χ1v) is 5.90. The van der Waals surface area contributed by atoms with Gasteiger partial charge in [0.2, 0.25) is 0 Å². The lowest BCUT2D eigenvalue weighted by molar-refractivity contribution is -0.159. The van der Waals surface area contributed by atoms with Crippen molar-refractivity contribution in [2.24, 2.45) is 5.11 Å². The molecule has 0 amide bonds. The van der Waals surface area contributed by atoms with Gasteiger partial charge in [0.05, 0.1) is 12.7 Å². The minimum absolute atomic E-state index is 0.0896. The summed E-state index contributed by atoms with van der Waals surface area (Å²) in [7, 11) is 0. The van der Waals surface area contributed by atoms with E-state index in [-0.39, 0.29) is 19.6 Å². The predicted molar refractivity (Wildman–Crippen MR) is 61.9 cm³/mol. The average molecular weight is 275 g/mol. The number of hydrogen-bond acceptors (Lipinski definition) is 7. The number of carbonyl (C=O) groups excluding carboxylic acids is 1. The smallest absolute Gasteiger partial charge is 0.337 e. The van der Waals surface area contributed by atoms with Crippen LogP contribution >= 0.6 is 0 Å². The molecule has 0 bridgehead atoms. The van der Waals surface area contributed by atoms with Crippen LogP contribution in [-0.4, -0.2) is 65.0 Å². The molecular formula is C10H17N3O6. The zero-order valence-electron chi connectivity index (χ0n) is 10.4. The summed E-state index contributed by atoms with van der Waals surface area (Å²) in [6.07, 6.45) is -5.45. The van der Waals surface area contributed by atoms with Gasteiger partial charge in [-0.05, 0) is 18.9 Å². The lowest BCUT2D eigenvalue weighted by Crippen LogP contribution is -2.40. The van der Waals surface area contributed by atoms with Gasteiger partial charge in [-0.2, -0.15) is 0 Å². The van der Waals surface area contributed by atoms with Gasteiger partial charge in [0.1, 0.15) is 18.3 Å². The number of epoxide rings is 1. The number of rotatable bonds is 8. The van der Waals surface area contributed by atoms with Crippen LogP contribution in [0.3, 0.4) is 0 Å². The molecule has 1 fully saturated rings. The number of nitrogens with zero attached hydrogens (tertiary/aromatic N) is 3. The number of esters is 1. The summed E-state index contributed by atoms with van der Waals surface area (Å²) in [4.78, 5) is 13.7. The molecule has 0 aromatic heterocycles. The van der Waals surface area contributed by atoms with Crippen molar-refractivity contribution in [2.45, 2.75) is 43.9 Å². The summed E-state index contributed by atoms with van der Waals surface area (Å²) in [5.41, 5.74) is 8.08. The van der Waals surface area contributed by atoms with Gasteiger partial charge >= 0.3 is 5.97 Å². The van der Waals surface area contributed by atoms with E-state index >= 15 is 0 Å². The Labute approximate surface area is 109 Å². The van der Waals surface area contributed by atoms with Crippen molar-refractivity contribution in [3.63, 3.8) is 0 Å². The number of aliphatic hydroxyl groups is 3. The van der Waals surface area contributed by atoms with E-state index in [9.17, 15) is 20.1 Å². The van der Waals surface area contributed by atoms with Crippen LogP contribution in [0.4, 0.5) is 0 Å². The molecule has 0 aliphatic carbocycles. The third-order valence-electron chi connectivity index (χ3n) is 2.72. The van der Waals surface area contributed by atoms with E-state index in [0.29, 0.717) is 0 Å². The molecule has 3 N–H and O–H groups in total. The Balaban J connectivity index is 2.38. The van der Waals surface area contributed by atoms with E-state index in [2.05, 4.69) is 14.8 Å². The van der Waals surface area contributed by atoms with Crippen LogP contribution in [0.25, 0.3) is 10.4 Å². The highest BCUT2D eigenvalue weighted by molar-refractivity contribution is 5.75. The topological polar surface area (TPSA) is 148 Å². The number of hydrogen-bond donors (Lipinski definition) is 3. The molecule has 1 heterocycles. The molecule has 5 atom stereocenters. The number of aliphatic hydroxyl groups excluding tert-OH is 3. The maximum Gasteiger partial charge on any atom is 0.337 e. The zero-order chi connectivity index (χ0) is 14.4. The van der Waals surface area contributed by atoms with Crippen molar-refractivity contribution < 1.29 is 29.6 Å². The fraction of sp³-hybridized carbons (Fsp3) is 0.900. The van der Waals surface area contributed by atoms with E-state index in [1.807, 2.05) is 0 Å². The van der Waals surface area contributed by atoms with E-state index in [0.717, 1.165) is 0 Å². The van der Waals surface area contributed by atoms with E-state index < -0.39 is 36.5 Å². The second-order valence-corrected chi connectivity index (χ2v) is 4.06. The molecule has 108 valence electrons. The van der Waals surface area contributed by atoms with Crippen molar-refractivity contribution >= 4 is 5.97 Å². The Hall–Kier alpha value is -1.38. The fourth-order valence-corrected chi connectivity index (χ4v) is 1.67. The second-order valence-electron chi connectivity index (χ2n) is 4.06. The van der Waals surface area contributed by atoms with Crippen LogP contribution < -0.4 is 0 Å². The van der Waals surface area contributed by atoms with Crippen molar-refractivity contribution in [2.75, 3.05) is 13.2 Å². The molecule has 0 unspecified atom stereocenters. The minimum atomic E-state index is -1.71. The Morgan fingerprint density at radius 2 is 2.16 bits per heavy atom. The van der Waals surface area contributed by atoms with Crippen molar-refractivity contribution in [1.82, 2.24) is 0 Å². The summed E-state index contributed by atoms with van der Waals surface area (Å²) in [6.45, 7) is 1.76. The Kier molecular flexibility index (Phi) is 6.00. The van der Waals surface area contributed by atoms with Crippen molar-refractivity contribution in [1.29, 1.82) is 0 Å². The molecule has 0 saturated carbocycles. The fourth-order valence-electron chi connectivity index (χ4n) is 1.67. The van der Waals surface area contributed by atoms with Gasteiger partial charge in [-0.3, -0.25) is 0 Å². The number of carbonyl (C=O) groups is 1. The molecule has 0 radical (unpaired) electrons. The van der Waals surface area contributed by atoms with Crippen LogP contribution in [0.15, 0.2) is 5.11 Å². The van der Waals surface area contributed by atoms with Crippen molar-refractivity contribution in [3.05, 3.63) is 10.4 Å². The molecule has 1 saturated heterocycles. The van der Waals surface area contributed by atoms with Crippen LogP contribution in [0, 0.1) is 0 Å². The van der Waals surface area contributed by atoms with Crippen LogP contribution in [0.5, 0.6) is 0 Å². The maximum atomic E-state index is 11.2. The van der Waals surface area contributed by atoms with Gasteiger partial charge in [-0.25, -0.2) is 4.79 Å². The third kappa shape index (κ3) is 4.34. The molecule has 1 aliphatic rings. The van der Waals surface area contributed by atoms with E-state index in [1.165, 1.54) is 0 Å². The third-order valence-corrected chi connectivity index (χ3v) is 2.72. The summed E-state index contributed by atoms with van der Waals surface area (Å²) in [5.74, 6) is -0.937. The van der Waals surface area contributed by atoms with Crippen LogP contribution in [-0.2, 0) is 14.3 Å². The summed E-state index contributed by atoms with van der Waals surface area (Å²) < 4.78 is 9.57. The van der Waals surface area contributed by atoms with Crippen LogP contribution in [0.2, 0.25) is 0 Å². The van der Waals surface area contributed by atoms with E-state index in [1.54, 1.807) is 6.92 Å². The molecule has 0 aromatic carbocycles. The Morgan fingerprint density at radius 1 is 1.47 bits per heavy atom. The molecule has 9 nitrogen and oxygen atoms in total. The van der Waals surface area contributed by atoms with Gasteiger partial charge in [-0.15, -0.1) is 0 Å². The summed E-state index contributed by atoms with van der Waals surface area (Å²) in [5, 5.41) is 32.1. The van der Waals surface area contributed by atoms with Crippen LogP contribution in [0.1, 0.15) is 13.3 Å². The van der Waals surface area contributed by atoms with Crippen molar-refractivity contribution in [3.8, 4) is 0 Å². The van der Waals surface area contributed by atoms with Gasteiger partial charge in [0, 0.05) is 11.5 Å². The normalized spacial score (nSPS) is 25.9. The first-order valence-electron chi connectivity index (χ1n) is 5.90. The minimum Gasteiger partial charge on any atom is -0.464 e. The number of ether oxygens (including phenoxy) is 2. The largest absolute Gasteiger partial charge is 0.464 e. The first-order chi connectivity index (χ1) is 9.02. The number of azide groups is 1. The molecule has 19 heavy (non-hydrogen) atoms. The SMILES string of the molecule is CCOC(=O)[C@H](O)[C@H](O)[C@@H]1O[C@H]1[C@@H](O)CCN=[N+]=[N-]. The van der Waals surface area contributed by atoms with Gasteiger partial charge in [0.15, 0.2) is 6.10 Å². The quantitative estimate of drug-likeness (QED) is 0.172. The molecule has 1 aliphatic heterocycles. The zero-order valence-corrected chi connectivity index (χ0v) is 10.4. The predicted octanol–water partition coefficient (Wildman–Crippen LogP) is -0.900. The first kappa shape index (κ1) is 15.7. The Bertz CT molecular complexity index is 359. The average Bonchev–Trinajstić information content (AvgIpc) is 3.17. The monoisotopic (exact) mass is 275 g/mol. The lowest BCUT2D eigenvalue weighted by atomic mass is 10.0. The van der Waals surface area contributed by atoms with Gasteiger partial charge < -0.3 is 24.8 Å². The maximum absolute atomic E-state index is 11.2. The summed E-state index contributed by atoms with van der Waals surface area (Å²) in [6, 6.07) is 0. The second kappa shape index (κ2) is 7.27. The summed E-state index contributed by atoms with van der Waals surface area (Å²) >= 11 is 0. The highest BCUT2D eigenvalue weighted by Gasteiger charge is 2.52.